The zero-order valence-corrected chi connectivity index (χ0v) is 12.3. The Labute approximate surface area is 120 Å². The Balaban J connectivity index is 2.46. The van der Waals surface area contributed by atoms with E-state index in [4.69, 9.17) is 0 Å². The summed E-state index contributed by atoms with van der Waals surface area (Å²) in [5.41, 5.74) is 1.45. The molecule has 0 aliphatic heterocycles. The standard InChI is InChI=1S/C15H23N3O2/c1-4-5-14(19)17-12-6-8-13(9-7-12)18-15(20)10-16-11(2)3/h6-9,11,16H,4-5,10H2,1-3H3,(H,17,19)(H,18,20). The summed E-state index contributed by atoms with van der Waals surface area (Å²) in [6.07, 6.45) is 1.34. The van der Waals surface area contributed by atoms with Gasteiger partial charge in [0.2, 0.25) is 11.8 Å². The van der Waals surface area contributed by atoms with Gasteiger partial charge in [0.05, 0.1) is 6.54 Å². The predicted octanol–water partition coefficient (Wildman–Crippen LogP) is 2.36. The zero-order valence-electron chi connectivity index (χ0n) is 12.3. The Kier molecular flexibility index (Phi) is 6.73. The molecule has 0 heterocycles. The zero-order chi connectivity index (χ0) is 15.0. The lowest BCUT2D eigenvalue weighted by Crippen LogP contribution is -2.32. The minimum atomic E-state index is -0.0820. The maximum Gasteiger partial charge on any atom is 0.238 e. The summed E-state index contributed by atoms with van der Waals surface area (Å²) in [5.74, 6) is -0.0770. The molecule has 0 aliphatic rings. The van der Waals surface area contributed by atoms with Gasteiger partial charge in [-0.2, -0.15) is 0 Å². The van der Waals surface area contributed by atoms with Gasteiger partial charge in [0, 0.05) is 23.8 Å². The van der Waals surface area contributed by atoms with E-state index in [9.17, 15) is 9.59 Å². The molecule has 5 nitrogen and oxygen atoms in total. The first-order valence-corrected chi connectivity index (χ1v) is 6.94. The molecule has 0 aliphatic carbocycles. The second-order valence-electron chi connectivity index (χ2n) is 4.96. The molecule has 0 atom stereocenters. The molecule has 0 saturated carbocycles. The molecule has 0 aromatic heterocycles. The van der Waals surface area contributed by atoms with E-state index >= 15 is 0 Å². The van der Waals surface area contributed by atoms with Crippen LogP contribution < -0.4 is 16.0 Å². The number of hydrogen-bond donors (Lipinski definition) is 3. The van der Waals surface area contributed by atoms with Crippen molar-refractivity contribution in [3.8, 4) is 0 Å². The molecule has 110 valence electrons. The summed E-state index contributed by atoms with van der Waals surface area (Å²) in [6.45, 7) is 6.22. The third-order valence-electron chi connectivity index (χ3n) is 2.60. The largest absolute Gasteiger partial charge is 0.326 e. The molecule has 0 fully saturated rings. The Morgan fingerprint density at radius 1 is 1.00 bits per heavy atom. The van der Waals surface area contributed by atoms with Crippen LogP contribution in [0.1, 0.15) is 33.6 Å². The molecular formula is C15H23N3O2. The Morgan fingerprint density at radius 2 is 1.50 bits per heavy atom. The summed E-state index contributed by atoms with van der Waals surface area (Å²) in [6, 6.07) is 7.37. The van der Waals surface area contributed by atoms with Crippen LogP contribution in [0.15, 0.2) is 24.3 Å². The van der Waals surface area contributed by atoms with Gasteiger partial charge in [-0.05, 0) is 30.7 Å². The Morgan fingerprint density at radius 3 is 1.95 bits per heavy atom. The van der Waals surface area contributed by atoms with Crippen LogP contribution in [0.2, 0.25) is 0 Å². The minimum Gasteiger partial charge on any atom is -0.326 e. The number of carbonyl (C=O) groups excluding carboxylic acids is 2. The van der Waals surface area contributed by atoms with Gasteiger partial charge in [-0.1, -0.05) is 20.8 Å². The van der Waals surface area contributed by atoms with Crippen molar-refractivity contribution in [1.82, 2.24) is 5.32 Å². The molecule has 2 amide bonds. The highest BCUT2D eigenvalue weighted by Crippen LogP contribution is 2.13. The number of hydrogen-bond acceptors (Lipinski definition) is 3. The van der Waals surface area contributed by atoms with Crippen molar-refractivity contribution >= 4 is 23.2 Å². The van der Waals surface area contributed by atoms with Crippen molar-refractivity contribution < 1.29 is 9.59 Å². The fraction of sp³-hybridized carbons (Fsp3) is 0.467. The second kappa shape index (κ2) is 8.32. The number of rotatable bonds is 7. The van der Waals surface area contributed by atoms with Crippen LogP contribution in [0, 0.1) is 0 Å². The van der Waals surface area contributed by atoms with Crippen molar-refractivity contribution in [2.45, 2.75) is 39.7 Å². The highest BCUT2D eigenvalue weighted by Gasteiger charge is 2.04. The first-order valence-electron chi connectivity index (χ1n) is 6.94. The number of carbonyl (C=O) groups is 2. The smallest absolute Gasteiger partial charge is 0.238 e. The lowest BCUT2D eigenvalue weighted by Gasteiger charge is -2.10. The van der Waals surface area contributed by atoms with Crippen molar-refractivity contribution in [2.24, 2.45) is 0 Å². The van der Waals surface area contributed by atoms with Crippen LogP contribution in [0.5, 0.6) is 0 Å². The second-order valence-corrected chi connectivity index (χ2v) is 4.96. The summed E-state index contributed by atoms with van der Waals surface area (Å²) in [7, 11) is 0. The fourth-order valence-corrected chi connectivity index (χ4v) is 1.59. The molecule has 0 radical (unpaired) electrons. The average Bonchev–Trinajstić information content (AvgIpc) is 2.39. The summed E-state index contributed by atoms with van der Waals surface area (Å²) in [5, 5.41) is 8.64. The van der Waals surface area contributed by atoms with E-state index in [2.05, 4.69) is 16.0 Å². The van der Waals surface area contributed by atoms with Crippen molar-refractivity contribution in [3.05, 3.63) is 24.3 Å². The maximum atomic E-state index is 11.6. The van der Waals surface area contributed by atoms with Crippen LogP contribution in [-0.2, 0) is 9.59 Å². The van der Waals surface area contributed by atoms with Gasteiger partial charge < -0.3 is 16.0 Å². The van der Waals surface area contributed by atoms with Crippen LogP contribution in [0.4, 0.5) is 11.4 Å². The predicted molar refractivity (Wildman–Crippen MR) is 81.7 cm³/mol. The summed E-state index contributed by atoms with van der Waals surface area (Å²) in [4.78, 5) is 23.1. The van der Waals surface area contributed by atoms with Crippen molar-refractivity contribution in [2.75, 3.05) is 17.2 Å². The van der Waals surface area contributed by atoms with E-state index in [-0.39, 0.29) is 24.4 Å². The molecule has 20 heavy (non-hydrogen) atoms. The highest BCUT2D eigenvalue weighted by atomic mass is 16.2. The third kappa shape index (κ3) is 6.33. The lowest BCUT2D eigenvalue weighted by molar-refractivity contribution is -0.116. The average molecular weight is 277 g/mol. The Bertz CT molecular complexity index is 441. The molecule has 0 saturated heterocycles. The van der Waals surface area contributed by atoms with Gasteiger partial charge in [0.15, 0.2) is 0 Å². The summed E-state index contributed by atoms with van der Waals surface area (Å²) >= 11 is 0. The van der Waals surface area contributed by atoms with Crippen LogP contribution in [-0.4, -0.2) is 24.4 Å². The molecule has 3 N–H and O–H groups in total. The van der Waals surface area contributed by atoms with Gasteiger partial charge >= 0.3 is 0 Å². The van der Waals surface area contributed by atoms with Gasteiger partial charge in [-0.15, -0.1) is 0 Å². The molecule has 1 rings (SSSR count). The highest BCUT2D eigenvalue weighted by molar-refractivity contribution is 5.93. The SMILES string of the molecule is CCCC(=O)Nc1ccc(NC(=O)CNC(C)C)cc1. The van der Waals surface area contributed by atoms with Crippen molar-refractivity contribution in [1.29, 1.82) is 0 Å². The van der Waals surface area contributed by atoms with Crippen molar-refractivity contribution in [3.63, 3.8) is 0 Å². The minimum absolute atomic E-state index is 0.00502. The van der Waals surface area contributed by atoms with Crippen LogP contribution >= 0.6 is 0 Å². The topological polar surface area (TPSA) is 70.2 Å². The molecule has 1 aromatic carbocycles. The number of anilines is 2. The van der Waals surface area contributed by atoms with Gasteiger partial charge in [0.1, 0.15) is 0 Å². The van der Waals surface area contributed by atoms with Gasteiger partial charge in [-0.3, -0.25) is 9.59 Å². The Hall–Kier alpha value is -1.88. The van der Waals surface area contributed by atoms with E-state index in [1.54, 1.807) is 24.3 Å². The first-order chi connectivity index (χ1) is 9.51. The molecule has 5 heteroatoms. The van der Waals surface area contributed by atoms with E-state index in [0.29, 0.717) is 12.1 Å². The first kappa shape index (κ1) is 16.2. The number of nitrogens with one attached hydrogen (secondary N) is 3. The molecule has 0 bridgehead atoms. The fourth-order valence-electron chi connectivity index (χ4n) is 1.59. The van der Waals surface area contributed by atoms with E-state index in [1.165, 1.54) is 0 Å². The van der Waals surface area contributed by atoms with E-state index < -0.39 is 0 Å². The third-order valence-corrected chi connectivity index (χ3v) is 2.60. The molecule has 1 aromatic rings. The van der Waals surface area contributed by atoms with Crippen LogP contribution in [0.3, 0.4) is 0 Å². The quantitative estimate of drug-likeness (QED) is 0.716. The molecule has 0 unspecified atom stereocenters. The maximum absolute atomic E-state index is 11.6. The molecule has 0 spiro atoms. The number of amides is 2. The monoisotopic (exact) mass is 277 g/mol. The van der Waals surface area contributed by atoms with Crippen LogP contribution in [0.25, 0.3) is 0 Å². The van der Waals surface area contributed by atoms with Gasteiger partial charge in [0.25, 0.3) is 0 Å². The number of benzene rings is 1. The molecular weight excluding hydrogens is 254 g/mol. The van der Waals surface area contributed by atoms with E-state index in [1.807, 2.05) is 20.8 Å². The summed E-state index contributed by atoms with van der Waals surface area (Å²) < 4.78 is 0. The van der Waals surface area contributed by atoms with E-state index in [0.717, 1.165) is 12.1 Å². The lowest BCUT2D eigenvalue weighted by atomic mass is 10.2. The van der Waals surface area contributed by atoms with Gasteiger partial charge in [-0.25, -0.2) is 0 Å². The normalized spacial score (nSPS) is 10.4.